The summed E-state index contributed by atoms with van der Waals surface area (Å²) in [6, 6.07) is 18.9. The number of aromatic nitrogens is 4. The fourth-order valence-corrected chi connectivity index (χ4v) is 5.51. The van der Waals surface area contributed by atoms with E-state index in [1.807, 2.05) is 30.3 Å². The molecule has 6 aromatic carbocycles. The molecule has 9 rings (SSSR count). The minimum atomic E-state index is -0.528. The third-order valence-electron chi connectivity index (χ3n) is 7.49. The molecule has 3 heterocycles. The molecule has 0 atom stereocenters. The summed E-state index contributed by atoms with van der Waals surface area (Å²) >= 11 is 0. The number of fused-ring (bicyclic) bond motifs is 6. The van der Waals surface area contributed by atoms with Crippen molar-refractivity contribution in [1.29, 1.82) is 0 Å². The number of para-hydroxylation sites is 2. The average Bonchev–Trinajstić information content (AvgIpc) is 3.74. The number of benzene rings is 6. The molecule has 0 radical (unpaired) electrons. The van der Waals surface area contributed by atoms with E-state index < -0.39 is 30.2 Å². The van der Waals surface area contributed by atoms with Crippen LogP contribution >= 0.6 is 0 Å². The smallest absolute Gasteiger partial charge is 0.164 e. The number of nitrogens with zero attached hydrogens (tertiary/aromatic N) is 4. The van der Waals surface area contributed by atoms with Crippen molar-refractivity contribution >= 4 is 43.7 Å². The molecule has 0 fully saturated rings. The average molecular weight is 576 g/mol. The number of hydrogen-bond donors (Lipinski definition) is 0. The highest BCUT2D eigenvalue weighted by Crippen LogP contribution is 2.36. The summed E-state index contributed by atoms with van der Waals surface area (Å²) in [5.41, 5.74) is 2.83. The monoisotopic (exact) mass is 575 g/mol. The van der Waals surface area contributed by atoms with Crippen molar-refractivity contribution in [3.8, 4) is 39.9 Å². The second kappa shape index (κ2) is 9.75. The van der Waals surface area contributed by atoms with E-state index in [0.29, 0.717) is 28.0 Å². The molecule has 0 spiro atoms. The van der Waals surface area contributed by atoms with Gasteiger partial charge in [0, 0.05) is 50.0 Å². The predicted octanol–water partition coefficient (Wildman–Crippen LogP) is 9.87. The third-order valence-corrected chi connectivity index (χ3v) is 7.49. The minimum Gasteiger partial charge on any atom is -0.456 e. The van der Waals surface area contributed by atoms with Gasteiger partial charge in [-0.3, -0.25) is 0 Å². The van der Waals surface area contributed by atoms with E-state index in [-0.39, 0.29) is 81.1 Å². The lowest BCUT2D eigenvalue weighted by Crippen LogP contribution is -2.00. The molecule has 0 aliphatic carbocycles. The molecule has 3 aromatic heterocycles. The molecule has 9 aromatic rings. The summed E-state index contributed by atoms with van der Waals surface area (Å²) in [6.45, 7) is 0. The maximum atomic E-state index is 8.79. The zero-order valence-electron chi connectivity index (χ0n) is 33.7. The lowest BCUT2D eigenvalue weighted by molar-refractivity contribution is 0.668. The predicted molar refractivity (Wildman–Crippen MR) is 178 cm³/mol. The van der Waals surface area contributed by atoms with Gasteiger partial charge in [-0.25, -0.2) is 15.0 Å². The van der Waals surface area contributed by atoms with Crippen molar-refractivity contribution in [1.82, 2.24) is 19.5 Å². The van der Waals surface area contributed by atoms with Gasteiger partial charge in [-0.2, -0.15) is 0 Å². The summed E-state index contributed by atoms with van der Waals surface area (Å²) in [5.74, 6) is 0.317. The number of furan rings is 1. The van der Waals surface area contributed by atoms with E-state index in [1.54, 1.807) is 41.0 Å². The van der Waals surface area contributed by atoms with Crippen molar-refractivity contribution in [2.24, 2.45) is 0 Å². The Hall–Kier alpha value is -6.07. The first-order valence-electron chi connectivity index (χ1n) is 19.2. The largest absolute Gasteiger partial charge is 0.456 e. The highest BCUT2D eigenvalue weighted by Gasteiger charge is 2.16. The molecule has 5 nitrogen and oxygen atoms in total. The van der Waals surface area contributed by atoms with Gasteiger partial charge in [-0.1, -0.05) is 103 Å². The Morgan fingerprint density at radius 3 is 1.80 bits per heavy atom. The Morgan fingerprint density at radius 2 is 1.09 bits per heavy atom. The summed E-state index contributed by atoms with van der Waals surface area (Å²) in [7, 11) is 0. The van der Waals surface area contributed by atoms with Crippen LogP contribution in [-0.2, 0) is 0 Å². The van der Waals surface area contributed by atoms with Crippen LogP contribution in [0.15, 0.2) is 150 Å². The fraction of sp³-hybridized carbons (Fsp3) is 0. The van der Waals surface area contributed by atoms with Crippen LogP contribution in [0.4, 0.5) is 0 Å². The molecule has 44 heavy (non-hydrogen) atoms. The van der Waals surface area contributed by atoms with Crippen LogP contribution in [0.3, 0.4) is 0 Å². The molecule has 0 amide bonds. The molecule has 0 aliphatic rings. The number of rotatable bonds is 4. The zero-order valence-corrected chi connectivity index (χ0v) is 22.7. The second-order valence-corrected chi connectivity index (χ2v) is 10.1. The van der Waals surface area contributed by atoms with Crippen LogP contribution < -0.4 is 0 Å². The topological polar surface area (TPSA) is 56.7 Å². The first kappa shape index (κ1) is 16.0. The first-order valence-corrected chi connectivity index (χ1v) is 13.7. The fourth-order valence-electron chi connectivity index (χ4n) is 5.51. The Morgan fingerprint density at radius 1 is 0.477 bits per heavy atom. The van der Waals surface area contributed by atoms with Crippen LogP contribution in [0.25, 0.3) is 83.6 Å². The Kier molecular flexibility index (Phi) is 3.54. The SMILES string of the molecule is [2H]c1cc([2H])c2c(c1[2H])c1c([2H])c([2H])cc([2H])c1n2-c1ccc2c(c1)oc1cc(-c3nc(-c4ccccc4)nc(-c4c([2H])c([2H])c([2H])c([2H])c4[2H])n3)ccc12. The molecule has 0 saturated carbocycles. The van der Waals surface area contributed by atoms with Gasteiger partial charge in [0.25, 0.3) is 0 Å². The van der Waals surface area contributed by atoms with Gasteiger partial charge in [0.1, 0.15) is 11.2 Å². The van der Waals surface area contributed by atoms with Gasteiger partial charge in [-0.05, 0) is 36.4 Å². The maximum Gasteiger partial charge on any atom is 0.164 e. The van der Waals surface area contributed by atoms with Gasteiger partial charge in [0.2, 0.25) is 0 Å². The molecular weight excluding hydrogens is 540 g/mol. The van der Waals surface area contributed by atoms with E-state index in [0.717, 1.165) is 10.8 Å². The van der Waals surface area contributed by atoms with Crippen molar-refractivity contribution in [2.75, 3.05) is 0 Å². The van der Waals surface area contributed by atoms with E-state index in [2.05, 4.69) is 9.97 Å². The van der Waals surface area contributed by atoms with Crippen LogP contribution in [0.2, 0.25) is 0 Å². The molecule has 206 valence electrons. The quantitative estimate of drug-likeness (QED) is 0.210. The zero-order chi connectivity index (χ0) is 38.6. The molecule has 0 N–H and O–H groups in total. The molecule has 5 heteroatoms. The molecule has 0 unspecified atom stereocenters. The lowest BCUT2D eigenvalue weighted by Gasteiger charge is -2.08. The summed E-state index contributed by atoms with van der Waals surface area (Å²) in [4.78, 5) is 13.9. The molecule has 0 saturated heterocycles. The third kappa shape index (κ3) is 3.91. The highest BCUT2D eigenvalue weighted by molar-refractivity contribution is 6.10. The van der Waals surface area contributed by atoms with Gasteiger partial charge in [0.15, 0.2) is 17.5 Å². The summed E-state index contributed by atoms with van der Waals surface area (Å²) in [6.07, 6.45) is 0. The van der Waals surface area contributed by atoms with Gasteiger partial charge in [0.05, 0.1) is 26.1 Å². The van der Waals surface area contributed by atoms with Gasteiger partial charge >= 0.3 is 0 Å². The summed E-state index contributed by atoms with van der Waals surface area (Å²) in [5, 5.41) is 1.81. The molecule has 0 aliphatic heterocycles. The van der Waals surface area contributed by atoms with Crippen molar-refractivity contribution in [3.05, 3.63) is 145 Å². The van der Waals surface area contributed by atoms with E-state index in [4.69, 9.17) is 24.5 Å². The van der Waals surface area contributed by atoms with Crippen LogP contribution in [0.5, 0.6) is 0 Å². The minimum absolute atomic E-state index is 0.0675. The lowest BCUT2D eigenvalue weighted by atomic mass is 10.1. The van der Waals surface area contributed by atoms with Gasteiger partial charge < -0.3 is 8.98 Å². The standard InChI is InChI=1S/C39H24N4O/c1-3-11-25(12-4-1)37-40-38(26-13-5-2-6-14-26)42-39(41-37)27-19-21-31-32-22-20-28(24-36(32)44-35(31)23-27)43-33-17-9-7-15-29(33)30-16-8-10-18-34(30)43/h1-24H/i1D,3D,4D,7D,8D,11D,12D,15D,16D,17D,18D. The summed E-state index contributed by atoms with van der Waals surface area (Å²) < 4.78 is 101. The molecule has 0 bridgehead atoms. The van der Waals surface area contributed by atoms with E-state index in [1.165, 1.54) is 12.1 Å². The van der Waals surface area contributed by atoms with Crippen LogP contribution in [-0.4, -0.2) is 19.5 Å². The van der Waals surface area contributed by atoms with Crippen molar-refractivity contribution in [2.45, 2.75) is 0 Å². The Labute approximate surface area is 268 Å². The van der Waals surface area contributed by atoms with Crippen molar-refractivity contribution < 1.29 is 19.5 Å². The Balaban J connectivity index is 1.24. The van der Waals surface area contributed by atoms with Crippen LogP contribution in [0.1, 0.15) is 15.1 Å². The normalized spacial score (nSPS) is 15.1. The first-order chi connectivity index (χ1) is 26.3. The van der Waals surface area contributed by atoms with E-state index in [9.17, 15) is 0 Å². The maximum absolute atomic E-state index is 8.79. The highest BCUT2D eigenvalue weighted by atomic mass is 16.3. The van der Waals surface area contributed by atoms with Crippen molar-refractivity contribution in [3.63, 3.8) is 0 Å². The van der Waals surface area contributed by atoms with Crippen LogP contribution in [0, 0.1) is 0 Å². The number of hydrogen-bond acceptors (Lipinski definition) is 4. The second-order valence-electron chi connectivity index (χ2n) is 10.1. The van der Waals surface area contributed by atoms with E-state index >= 15 is 0 Å². The Bertz CT molecular complexity index is 3030. The van der Waals surface area contributed by atoms with Gasteiger partial charge in [-0.15, -0.1) is 0 Å². The molecular formula is C39H24N4O.